The van der Waals surface area contributed by atoms with Crippen molar-refractivity contribution in [3.05, 3.63) is 11.2 Å². The Bertz CT molecular complexity index is 357. The van der Waals surface area contributed by atoms with Gasteiger partial charge in [0.2, 0.25) is 0 Å². The lowest BCUT2D eigenvalue weighted by Crippen LogP contribution is -2.39. The fourth-order valence-electron chi connectivity index (χ4n) is 1.48. The van der Waals surface area contributed by atoms with Crippen LogP contribution in [0.5, 0.6) is 0 Å². The van der Waals surface area contributed by atoms with E-state index in [1.165, 1.54) is 11.8 Å². The molecule has 2 rings (SSSR count). The van der Waals surface area contributed by atoms with E-state index in [1.807, 2.05) is 6.26 Å². The van der Waals surface area contributed by atoms with E-state index in [1.54, 1.807) is 6.07 Å². The summed E-state index contributed by atoms with van der Waals surface area (Å²) >= 11 is 7.30. The van der Waals surface area contributed by atoms with Gasteiger partial charge in [-0.2, -0.15) is 0 Å². The Labute approximate surface area is 97.5 Å². The van der Waals surface area contributed by atoms with E-state index in [0.717, 1.165) is 18.7 Å². The zero-order chi connectivity index (χ0) is 10.8. The topological polar surface area (TPSA) is 58.0 Å². The number of aromatic nitrogens is 2. The summed E-state index contributed by atoms with van der Waals surface area (Å²) in [4.78, 5) is 8.32. The Morgan fingerprint density at radius 1 is 1.53 bits per heavy atom. The van der Waals surface area contributed by atoms with Crippen LogP contribution in [0.15, 0.2) is 11.2 Å². The van der Waals surface area contributed by atoms with Crippen LogP contribution in [0.25, 0.3) is 0 Å². The molecule has 0 aliphatic heterocycles. The normalized spacial score (nSPS) is 24.7. The number of thioether (sulfide) groups is 1. The first-order valence-corrected chi connectivity index (χ1v) is 6.31. The number of hydrogen-bond acceptors (Lipinski definition) is 5. The minimum absolute atomic E-state index is 0.167. The summed E-state index contributed by atoms with van der Waals surface area (Å²) in [5, 5.41) is 13.5. The van der Waals surface area contributed by atoms with E-state index in [9.17, 15) is 0 Å². The van der Waals surface area contributed by atoms with Crippen LogP contribution >= 0.6 is 23.4 Å². The van der Waals surface area contributed by atoms with E-state index < -0.39 is 0 Å². The van der Waals surface area contributed by atoms with Gasteiger partial charge in [-0.25, -0.2) is 9.97 Å². The van der Waals surface area contributed by atoms with Gasteiger partial charge in [0.05, 0.1) is 6.10 Å². The number of rotatable bonds is 3. The van der Waals surface area contributed by atoms with E-state index >= 15 is 0 Å². The Kier molecular flexibility index (Phi) is 3.33. The SMILES string of the molecule is CSc1nc(Cl)cc(NC2CC(O)C2)n1. The van der Waals surface area contributed by atoms with Crippen LogP contribution in [0, 0.1) is 0 Å². The Morgan fingerprint density at radius 2 is 2.27 bits per heavy atom. The third-order valence-electron chi connectivity index (χ3n) is 2.32. The summed E-state index contributed by atoms with van der Waals surface area (Å²) < 4.78 is 0. The lowest BCUT2D eigenvalue weighted by atomic mass is 9.89. The highest BCUT2D eigenvalue weighted by atomic mass is 35.5. The van der Waals surface area contributed by atoms with Crippen molar-refractivity contribution in [3.63, 3.8) is 0 Å². The molecule has 0 spiro atoms. The average molecular weight is 246 g/mol. The molecule has 0 saturated heterocycles. The zero-order valence-corrected chi connectivity index (χ0v) is 9.85. The first-order valence-electron chi connectivity index (χ1n) is 4.70. The second-order valence-corrected chi connectivity index (χ2v) is 4.69. The Morgan fingerprint density at radius 3 is 2.87 bits per heavy atom. The first kappa shape index (κ1) is 11.0. The van der Waals surface area contributed by atoms with Gasteiger partial charge in [0.25, 0.3) is 0 Å². The molecule has 1 fully saturated rings. The molecule has 0 amide bonds. The van der Waals surface area contributed by atoms with Crippen LogP contribution in [0.2, 0.25) is 5.15 Å². The highest BCUT2D eigenvalue weighted by Crippen LogP contribution is 2.25. The maximum Gasteiger partial charge on any atom is 0.190 e. The van der Waals surface area contributed by atoms with Gasteiger partial charge >= 0.3 is 0 Å². The van der Waals surface area contributed by atoms with Gasteiger partial charge < -0.3 is 10.4 Å². The molecule has 4 nitrogen and oxygen atoms in total. The van der Waals surface area contributed by atoms with Crippen LogP contribution in [0.1, 0.15) is 12.8 Å². The van der Waals surface area contributed by atoms with Crippen molar-refractivity contribution in [2.75, 3.05) is 11.6 Å². The van der Waals surface area contributed by atoms with Gasteiger partial charge in [-0.05, 0) is 19.1 Å². The third-order valence-corrected chi connectivity index (χ3v) is 3.06. The molecule has 0 unspecified atom stereocenters. The van der Waals surface area contributed by atoms with Crippen molar-refractivity contribution >= 4 is 29.2 Å². The number of nitrogens with zero attached hydrogens (tertiary/aromatic N) is 2. The molecule has 0 bridgehead atoms. The van der Waals surface area contributed by atoms with E-state index in [2.05, 4.69) is 15.3 Å². The molecule has 1 saturated carbocycles. The molecule has 0 atom stereocenters. The van der Waals surface area contributed by atoms with Gasteiger partial charge in [-0.1, -0.05) is 23.4 Å². The fourth-order valence-corrected chi connectivity index (χ4v) is 2.09. The summed E-state index contributed by atoms with van der Waals surface area (Å²) in [6, 6.07) is 2.01. The largest absolute Gasteiger partial charge is 0.393 e. The highest BCUT2D eigenvalue weighted by Gasteiger charge is 2.27. The number of anilines is 1. The maximum atomic E-state index is 9.15. The molecular formula is C9H12ClN3OS. The maximum absolute atomic E-state index is 9.15. The summed E-state index contributed by atoms with van der Waals surface area (Å²) in [7, 11) is 0. The minimum Gasteiger partial charge on any atom is -0.393 e. The molecular weight excluding hydrogens is 234 g/mol. The monoisotopic (exact) mass is 245 g/mol. The lowest BCUT2D eigenvalue weighted by molar-refractivity contribution is 0.0835. The van der Waals surface area contributed by atoms with Crippen molar-refractivity contribution in [2.24, 2.45) is 0 Å². The number of hydrogen-bond donors (Lipinski definition) is 2. The smallest absolute Gasteiger partial charge is 0.190 e. The third kappa shape index (κ3) is 2.74. The molecule has 6 heteroatoms. The van der Waals surface area contributed by atoms with Gasteiger partial charge in [-0.3, -0.25) is 0 Å². The second-order valence-electron chi connectivity index (χ2n) is 3.53. The van der Waals surface area contributed by atoms with E-state index in [0.29, 0.717) is 16.4 Å². The predicted octanol–water partition coefficient (Wildman–Crippen LogP) is 1.79. The first-order chi connectivity index (χ1) is 7.17. The fraction of sp³-hybridized carbons (Fsp3) is 0.556. The van der Waals surface area contributed by atoms with Gasteiger partial charge in [0.15, 0.2) is 5.16 Å². The number of halogens is 1. The molecule has 0 aromatic carbocycles. The summed E-state index contributed by atoms with van der Waals surface area (Å²) in [5.41, 5.74) is 0. The highest BCUT2D eigenvalue weighted by molar-refractivity contribution is 7.98. The molecule has 1 heterocycles. The predicted molar refractivity (Wildman–Crippen MR) is 61.5 cm³/mol. The van der Waals surface area contributed by atoms with Crippen LogP contribution in [0.3, 0.4) is 0 Å². The average Bonchev–Trinajstić information content (AvgIpc) is 2.14. The number of aliphatic hydroxyl groups is 1. The van der Waals surface area contributed by atoms with Crippen LogP contribution < -0.4 is 5.32 Å². The van der Waals surface area contributed by atoms with Gasteiger partial charge in [-0.15, -0.1) is 0 Å². The summed E-state index contributed by atoms with van der Waals surface area (Å²) in [6.07, 6.45) is 3.29. The molecule has 0 radical (unpaired) electrons. The van der Waals surface area contributed by atoms with Crippen molar-refractivity contribution in [1.29, 1.82) is 0 Å². The standard InChI is InChI=1S/C9H12ClN3OS/c1-15-9-12-7(10)4-8(13-9)11-5-2-6(14)3-5/h4-6,14H,2-3H2,1H3,(H,11,12,13). The van der Waals surface area contributed by atoms with Crippen molar-refractivity contribution in [2.45, 2.75) is 30.1 Å². The van der Waals surface area contributed by atoms with Gasteiger partial charge in [0, 0.05) is 12.1 Å². The van der Waals surface area contributed by atoms with E-state index in [4.69, 9.17) is 16.7 Å². The van der Waals surface area contributed by atoms with Gasteiger partial charge in [0.1, 0.15) is 11.0 Å². The minimum atomic E-state index is -0.167. The Hall–Kier alpha value is -0.520. The summed E-state index contributed by atoms with van der Waals surface area (Å²) in [5.74, 6) is 0.733. The molecule has 2 N–H and O–H groups in total. The Balaban J connectivity index is 2.04. The van der Waals surface area contributed by atoms with Crippen LogP contribution in [-0.4, -0.2) is 33.5 Å². The molecule has 1 aromatic rings. The van der Waals surface area contributed by atoms with Crippen molar-refractivity contribution < 1.29 is 5.11 Å². The van der Waals surface area contributed by atoms with Crippen LogP contribution in [0.4, 0.5) is 5.82 Å². The molecule has 1 aliphatic rings. The molecule has 82 valence electrons. The molecule has 1 aromatic heterocycles. The van der Waals surface area contributed by atoms with Crippen LogP contribution in [-0.2, 0) is 0 Å². The number of nitrogens with one attached hydrogen (secondary N) is 1. The number of aliphatic hydroxyl groups excluding tert-OH is 1. The zero-order valence-electron chi connectivity index (χ0n) is 8.27. The lowest BCUT2D eigenvalue weighted by Gasteiger charge is -2.32. The molecule has 1 aliphatic carbocycles. The quantitative estimate of drug-likeness (QED) is 0.483. The molecule has 15 heavy (non-hydrogen) atoms. The second kappa shape index (κ2) is 4.55. The van der Waals surface area contributed by atoms with Crippen molar-refractivity contribution in [3.8, 4) is 0 Å². The van der Waals surface area contributed by atoms with Crippen molar-refractivity contribution in [1.82, 2.24) is 9.97 Å². The van der Waals surface area contributed by atoms with E-state index in [-0.39, 0.29) is 6.10 Å². The summed E-state index contributed by atoms with van der Waals surface area (Å²) in [6.45, 7) is 0.